The molecule has 2 rings (SSSR count). The zero-order chi connectivity index (χ0) is 10.1. The normalized spacial score (nSPS) is 15.1. The third kappa shape index (κ3) is 1.35. The number of benzene rings is 1. The Hall–Kier alpha value is -1.51. The van der Waals surface area contributed by atoms with Gasteiger partial charge in [-0.2, -0.15) is 0 Å². The highest BCUT2D eigenvalue weighted by atomic mass is 16.1. The predicted octanol–water partition coefficient (Wildman–Crippen LogP) is 1.46. The quantitative estimate of drug-likeness (QED) is 0.650. The Morgan fingerprint density at radius 2 is 1.86 bits per heavy atom. The number of fused-ring (bicyclic) bond motifs is 1. The minimum atomic E-state index is 0.0214. The maximum absolute atomic E-state index is 11.6. The molecule has 2 N–H and O–H groups in total. The van der Waals surface area contributed by atoms with Crippen LogP contribution in [0.2, 0.25) is 0 Å². The third-order valence-corrected chi connectivity index (χ3v) is 2.69. The van der Waals surface area contributed by atoms with E-state index in [-0.39, 0.29) is 5.91 Å². The number of nitrogens with one attached hydrogen (secondary N) is 2. The van der Waals surface area contributed by atoms with Gasteiger partial charge in [0.1, 0.15) is 0 Å². The summed E-state index contributed by atoms with van der Waals surface area (Å²) in [5.41, 5.74) is 4.12. The first-order chi connectivity index (χ1) is 6.70. The topological polar surface area (TPSA) is 41.1 Å². The van der Waals surface area contributed by atoms with E-state index in [0.717, 1.165) is 17.8 Å². The van der Waals surface area contributed by atoms with Gasteiger partial charge in [0.25, 0.3) is 5.91 Å². The van der Waals surface area contributed by atoms with Crippen LogP contribution in [-0.4, -0.2) is 19.0 Å². The van der Waals surface area contributed by atoms with E-state index in [1.807, 2.05) is 19.1 Å². The molecule has 0 spiro atoms. The second-order valence-electron chi connectivity index (χ2n) is 3.61. The summed E-state index contributed by atoms with van der Waals surface area (Å²) in [6.45, 7) is 5.58. The van der Waals surface area contributed by atoms with E-state index in [9.17, 15) is 4.79 Å². The largest absolute Gasteiger partial charge is 0.382 e. The van der Waals surface area contributed by atoms with E-state index in [4.69, 9.17) is 0 Å². The lowest BCUT2D eigenvalue weighted by atomic mass is 10.0. The molecule has 1 aromatic carbocycles. The Labute approximate surface area is 83.5 Å². The monoisotopic (exact) mass is 190 g/mol. The van der Waals surface area contributed by atoms with Gasteiger partial charge in [-0.3, -0.25) is 4.79 Å². The molecule has 1 aliphatic heterocycles. The SMILES string of the molecule is Cc1ccc2c(c1C)NCCNC2=O. The van der Waals surface area contributed by atoms with Gasteiger partial charge in [0.15, 0.2) is 0 Å². The zero-order valence-corrected chi connectivity index (χ0v) is 8.48. The van der Waals surface area contributed by atoms with Gasteiger partial charge in [0.05, 0.1) is 11.3 Å². The van der Waals surface area contributed by atoms with Crippen LogP contribution in [0.3, 0.4) is 0 Å². The van der Waals surface area contributed by atoms with E-state index in [1.165, 1.54) is 11.1 Å². The molecule has 0 fully saturated rings. The maximum atomic E-state index is 11.6. The van der Waals surface area contributed by atoms with E-state index in [2.05, 4.69) is 17.6 Å². The molecule has 0 saturated heterocycles. The average molecular weight is 190 g/mol. The number of anilines is 1. The number of hydrogen-bond acceptors (Lipinski definition) is 2. The third-order valence-electron chi connectivity index (χ3n) is 2.69. The van der Waals surface area contributed by atoms with E-state index >= 15 is 0 Å². The van der Waals surface area contributed by atoms with Crippen LogP contribution in [0.15, 0.2) is 12.1 Å². The molecule has 0 unspecified atom stereocenters. The minimum absolute atomic E-state index is 0.0214. The summed E-state index contributed by atoms with van der Waals surface area (Å²) >= 11 is 0. The average Bonchev–Trinajstić information content (AvgIpc) is 2.35. The standard InChI is InChI=1S/C11H14N2O/c1-7-3-4-9-10(8(7)2)12-5-6-13-11(9)14/h3-4,12H,5-6H2,1-2H3,(H,13,14). The number of rotatable bonds is 0. The number of hydrogen-bond donors (Lipinski definition) is 2. The number of amides is 1. The van der Waals surface area contributed by atoms with Crippen LogP contribution in [0.1, 0.15) is 21.5 Å². The first-order valence-corrected chi connectivity index (χ1v) is 4.82. The van der Waals surface area contributed by atoms with Gasteiger partial charge in [0, 0.05) is 13.1 Å². The van der Waals surface area contributed by atoms with Gasteiger partial charge in [0.2, 0.25) is 0 Å². The lowest BCUT2D eigenvalue weighted by Gasteiger charge is -2.11. The molecule has 1 heterocycles. The lowest BCUT2D eigenvalue weighted by molar-refractivity contribution is 0.0958. The van der Waals surface area contributed by atoms with Crippen LogP contribution in [0, 0.1) is 13.8 Å². The molecule has 74 valence electrons. The van der Waals surface area contributed by atoms with Crippen LogP contribution in [-0.2, 0) is 0 Å². The Morgan fingerprint density at radius 1 is 1.14 bits per heavy atom. The van der Waals surface area contributed by atoms with Gasteiger partial charge >= 0.3 is 0 Å². The van der Waals surface area contributed by atoms with Crippen LogP contribution in [0.5, 0.6) is 0 Å². The van der Waals surface area contributed by atoms with Gasteiger partial charge in [-0.1, -0.05) is 6.07 Å². The van der Waals surface area contributed by atoms with Crippen molar-refractivity contribution >= 4 is 11.6 Å². The smallest absolute Gasteiger partial charge is 0.253 e. The highest BCUT2D eigenvalue weighted by molar-refractivity contribution is 6.01. The molecule has 0 saturated carbocycles. The van der Waals surface area contributed by atoms with Gasteiger partial charge < -0.3 is 10.6 Å². The summed E-state index contributed by atoms with van der Waals surface area (Å²) in [5.74, 6) is 0.0214. The molecular weight excluding hydrogens is 176 g/mol. The molecule has 0 atom stereocenters. The van der Waals surface area contributed by atoms with Crippen molar-refractivity contribution in [1.29, 1.82) is 0 Å². The summed E-state index contributed by atoms with van der Waals surface area (Å²) in [5, 5.41) is 6.13. The fraction of sp³-hybridized carbons (Fsp3) is 0.364. The Morgan fingerprint density at radius 3 is 2.64 bits per heavy atom. The molecule has 3 nitrogen and oxygen atoms in total. The lowest BCUT2D eigenvalue weighted by Crippen LogP contribution is -2.24. The number of carbonyl (C=O) groups is 1. The second kappa shape index (κ2) is 3.33. The van der Waals surface area contributed by atoms with Crippen LogP contribution < -0.4 is 10.6 Å². The van der Waals surface area contributed by atoms with Crippen molar-refractivity contribution < 1.29 is 4.79 Å². The van der Waals surface area contributed by atoms with E-state index in [1.54, 1.807) is 0 Å². The summed E-state index contributed by atoms with van der Waals surface area (Å²) in [4.78, 5) is 11.6. The molecule has 1 amide bonds. The van der Waals surface area contributed by atoms with Gasteiger partial charge in [-0.25, -0.2) is 0 Å². The highest BCUT2D eigenvalue weighted by Gasteiger charge is 2.16. The highest BCUT2D eigenvalue weighted by Crippen LogP contribution is 2.24. The molecule has 0 aromatic heterocycles. The fourth-order valence-electron chi connectivity index (χ4n) is 1.69. The first kappa shape index (κ1) is 9.06. The zero-order valence-electron chi connectivity index (χ0n) is 8.48. The molecular formula is C11H14N2O. The van der Waals surface area contributed by atoms with Crippen molar-refractivity contribution in [3.63, 3.8) is 0 Å². The summed E-state index contributed by atoms with van der Waals surface area (Å²) in [6.07, 6.45) is 0. The summed E-state index contributed by atoms with van der Waals surface area (Å²) < 4.78 is 0. The molecule has 1 aromatic rings. The van der Waals surface area contributed by atoms with Crippen molar-refractivity contribution in [2.45, 2.75) is 13.8 Å². The minimum Gasteiger partial charge on any atom is -0.382 e. The van der Waals surface area contributed by atoms with Gasteiger partial charge in [-0.15, -0.1) is 0 Å². The molecule has 3 heteroatoms. The Balaban J connectivity index is 2.58. The van der Waals surface area contributed by atoms with Crippen LogP contribution in [0.4, 0.5) is 5.69 Å². The molecule has 0 bridgehead atoms. The fourth-order valence-corrected chi connectivity index (χ4v) is 1.69. The molecule has 0 aliphatic carbocycles. The van der Waals surface area contributed by atoms with Crippen molar-refractivity contribution in [3.05, 3.63) is 28.8 Å². The molecule has 14 heavy (non-hydrogen) atoms. The Bertz CT molecular complexity index is 385. The number of aryl methyl sites for hydroxylation is 1. The van der Waals surface area contributed by atoms with E-state index < -0.39 is 0 Å². The van der Waals surface area contributed by atoms with Crippen LogP contribution >= 0.6 is 0 Å². The van der Waals surface area contributed by atoms with Crippen LogP contribution in [0.25, 0.3) is 0 Å². The second-order valence-corrected chi connectivity index (χ2v) is 3.61. The molecule has 1 aliphatic rings. The summed E-state index contributed by atoms with van der Waals surface area (Å²) in [7, 11) is 0. The first-order valence-electron chi connectivity index (χ1n) is 4.82. The molecule has 0 radical (unpaired) electrons. The summed E-state index contributed by atoms with van der Waals surface area (Å²) in [6, 6.07) is 3.87. The van der Waals surface area contributed by atoms with Crippen molar-refractivity contribution in [2.75, 3.05) is 18.4 Å². The Kier molecular flexibility index (Phi) is 2.15. The van der Waals surface area contributed by atoms with Crippen molar-refractivity contribution in [2.24, 2.45) is 0 Å². The number of carbonyl (C=O) groups excluding carboxylic acids is 1. The van der Waals surface area contributed by atoms with Crippen molar-refractivity contribution in [1.82, 2.24) is 5.32 Å². The van der Waals surface area contributed by atoms with E-state index in [0.29, 0.717) is 6.54 Å². The van der Waals surface area contributed by atoms with Crippen molar-refractivity contribution in [3.8, 4) is 0 Å². The maximum Gasteiger partial charge on any atom is 0.253 e. The predicted molar refractivity (Wildman–Crippen MR) is 56.7 cm³/mol. The van der Waals surface area contributed by atoms with Gasteiger partial charge in [-0.05, 0) is 31.0 Å².